The fourth-order valence-electron chi connectivity index (χ4n) is 3.19. The summed E-state index contributed by atoms with van der Waals surface area (Å²) in [5.74, 6) is 0.369. The minimum Gasteiger partial charge on any atom is -0.380 e. The third-order valence-electron chi connectivity index (χ3n) is 4.58. The number of urea groups is 1. The maximum absolute atomic E-state index is 12.2. The van der Waals surface area contributed by atoms with Gasteiger partial charge in [-0.1, -0.05) is 41.6 Å². The molecule has 0 saturated heterocycles. The van der Waals surface area contributed by atoms with Crippen LogP contribution in [0.1, 0.15) is 11.1 Å². The number of nitrogens with zero attached hydrogens (tertiary/aromatic N) is 1. The van der Waals surface area contributed by atoms with Crippen LogP contribution >= 0.6 is 0 Å². The Morgan fingerprint density at radius 2 is 1.71 bits per heavy atom. The van der Waals surface area contributed by atoms with Gasteiger partial charge < -0.3 is 20.9 Å². The first-order valence-electron chi connectivity index (χ1n) is 8.91. The van der Waals surface area contributed by atoms with Crippen LogP contribution in [0.5, 0.6) is 0 Å². The molecule has 4 N–H and O–H groups in total. The molecule has 0 spiro atoms. The zero-order chi connectivity index (χ0) is 19.7. The normalized spacial score (nSPS) is 10.8. The molecule has 0 aliphatic rings. The number of benzene rings is 3. The third kappa shape index (κ3) is 3.40. The van der Waals surface area contributed by atoms with Crippen molar-refractivity contribution >= 4 is 34.2 Å². The lowest BCUT2D eigenvalue weighted by Gasteiger charge is -2.10. The second kappa shape index (κ2) is 7.08. The van der Waals surface area contributed by atoms with Gasteiger partial charge in [-0.15, -0.1) is 0 Å². The predicted molar refractivity (Wildman–Crippen MR) is 112 cm³/mol. The van der Waals surface area contributed by atoms with Gasteiger partial charge in [-0.2, -0.15) is 0 Å². The summed E-state index contributed by atoms with van der Waals surface area (Å²) in [7, 11) is 0. The van der Waals surface area contributed by atoms with E-state index in [1.54, 1.807) is 0 Å². The first kappa shape index (κ1) is 17.6. The molecule has 140 valence electrons. The molecule has 4 rings (SSSR count). The largest absolute Gasteiger partial charge is 0.380 e. The van der Waals surface area contributed by atoms with Crippen molar-refractivity contribution in [3.8, 4) is 11.1 Å². The zero-order valence-electron chi connectivity index (χ0n) is 15.6. The van der Waals surface area contributed by atoms with E-state index < -0.39 is 0 Å². The van der Waals surface area contributed by atoms with Gasteiger partial charge >= 0.3 is 6.03 Å². The van der Waals surface area contributed by atoms with Crippen LogP contribution in [0.4, 0.5) is 22.0 Å². The van der Waals surface area contributed by atoms with Gasteiger partial charge in [0.2, 0.25) is 0 Å². The lowest BCUT2D eigenvalue weighted by atomic mass is 9.99. The Morgan fingerprint density at radius 1 is 0.964 bits per heavy atom. The number of hydrogen-bond acceptors (Lipinski definition) is 4. The SMILES string of the molecule is Cc1cccc(NC(=O)Nc2ccc(-c3ccc(C)c4onc(N)c34)cc2)c1. The van der Waals surface area contributed by atoms with Crippen LogP contribution in [0.15, 0.2) is 65.2 Å². The number of carbonyl (C=O) groups is 1. The van der Waals surface area contributed by atoms with E-state index in [0.29, 0.717) is 17.1 Å². The number of anilines is 3. The van der Waals surface area contributed by atoms with E-state index in [1.807, 2.05) is 74.5 Å². The van der Waals surface area contributed by atoms with Crippen molar-refractivity contribution in [3.05, 3.63) is 71.8 Å². The number of carbonyl (C=O) groups excluding carboxylic acids is 1. The van der Waals surface area contributed by atoms with Crippen molar-refractivity contribution < 1.29 is 9.32 Å². The number of nitrogen functional groups attached to an aromatic ring is 1. The Morgan fingerprint density at radius 3 is 2.46 bits per heavy atom. The van der Waals surface area contributed by atoms with Gasteiger partial charge in [-0.05, 0) is 60.4 Å². The molecule has 0 unspecified atom stereocenters. The summed E-state index contributed by atoms with van der Waals surface area (Å²) in [6.07, 6.45) is 0. The molecule has 3 aromatic carbocycles. The molecule has 2 amide bonds. The molecule has 0 bridgehead atoms. The number of aromatic nitrogens is 1. The van der Waals surface area contributed by atoms with E-state index in [-0.39, 0.29) is 6.03 Å². The lowest BCUT2D eigenvalue weighted by Crippen LogP contribution is -2.19. The van der Waals surface area contributed by atoms with E-state index in [9.17, 15) is 4.79 Å². The standard InChI is InChI=1S/C22H20N4O2/c1-13-4-3-5-17(12-13)25-22(27)24-16-9-7-15(8-10-16)18-11-6-14(2)20-19(18)21(23)26-28-20/h3-12H,1-2H3,(H2,23,26)(H2,24,25,27). The van der Waals surface area contributed by atoms with E-state index in [0.717, 1.165) is 33.3 Å². The van der Waals surface area contributed by atoms with Crippen molar-refractivity contribution in [2.24, 2.45) is 0 Å². The zero-order valence-corrected chi connectivity index (χ0v) is 15.6. The monoisotopic (exact) mass is 372 g/mol. The van der Waals surface area contributed by atoms with Gasteiger partial charge in [-0.25, -0.2) is 4.79 Å². The molecule has 0 aliphatic heterocycles. The summed E-state index contributed by atoms with van der Waals surface area (Å²) in [4.78, 5) is 12.2. The van der Waals surface area contributed by atoms with Gasteiger partial charge in [0, 0.05) is 11.4 Å². The number of fused-ring (bicyclic) bond motifs is 1. The molecular weight excluding hydrogens is 352 g/mol. The van der Waals surface area contributed by atoms with Crippen molar-refractivity contribution in [1.29, 1.82) is 0 Å². The summed E-state index contributed by atoms with van der Waals surface area (Å²) in [5, 5.41) is 10.3. The summed E-state index contributed by atoms with van der Waals surface area (Å²) in [6.45, 7) is 3.93. The molecule has 0 atom stereocenters. The first-order valence-corrected chi connectivity index (χ1v) is 8.91. The highest BCUT2D eigenvalue weighted by Gasteiger charge is 2.14. The topological polar surface area (TPSA) is 93.2 Å². The Balaban J connectivity index is 1.54. The van der Waals surface area contributed by atoms with E-state index in [1.165, 1.54) is 0 Å². The molecule has 0 radical (unpaired) electrons. The number of nitrogens with two attached hydrogens (primary N) is 1. The Hall–Kier alpha value is -3.80. The molecule has 6 nitrogen and oxygen atoms in total. The first-order chi connectivity index (χ1) is 13.5. The molecule has 0 saturated carbocycles. The lowest BCUT2D eigenvalue weighted by molar-refractivity contribution is 0.262. The van der Waals surface area contributed by atoms with Gasteiger partial charge in [0.1, 0.15) is 0 Å². The number of rotatable bonds is 3. The average molecular weight is 372 g/mol. The maximum Gasteiger partial charge on any atom is 0.323 e. The second-order valence-corrected chi connectivity index (χ2v) is 6.73. The summed E-state index contributed by atoms with van der Waals surface area (Å²) >= 11 is 0. The fourth-order valence-corrected chi connectivity index (χ4v) is 3.19. The Kier molecular flexibility index (Phi) is 4.45. The van der Waals surface area contributed by atoms with Gasteiger partial charge in [0.25, 0.3) is 0 Å². The highest BCUT2D eigenvalue weighted by atomic mass is 16.5. The molecule has 4 aromatic rings. The average Bonchev–Trinajstić information content (AvgIpc) is 3.06. The third-order valence-corrected chi connectivity index (χ3v) is 4.58. The van der Waals surface area contributed by atoms with Crippen LogP contribution in [-0.2, 0) is 0 Å². The molecular formula is C22H20N4O2. The van der Waals surface area contributed by atoms with Crippen molar-refractivity contribution in [1.82, 2.24) is 5.16 Å². The van der Waals surface area contributed by atoms with Crippen LogP contribution in [0.2, 0.25) is 0 Å². The molecule has 1 aromatic heterocycles. The van der Waals surface area contributed by atoms with Gasteiger partial charge in [0.05, 0.1) is 5.39 Å². The number of amides is 2. The summed E-state index contributed by atoms with van der Waals surface area (Å²) in [6, 6.07) is 18.9. The number of aryl methyl sites for hydroxylation is 2. The number of hydrogen-bond donors (Lipinski definition) is 3. The highest BCUT2D eigenvalue weighted by molar-refractivity contribution is 6.02. The molecule has 1 heterocycles. The molecule has 0 fully saturated rings. The summed E-state index contributed by atoms with van der Waals surface area (Å²) in [5.41, 5.74) is 12.1. The fraction of sp³-hybridized carbons (Fsp3) is 0.0909. The summed E-state index contributed by atoms with van der Waals surface area (Å²) < 4.78 is 5.34. The smallest absolute Gasteiger partial charge is 0.323 e. The van der Waals surface area contributed by atoms with E-state index in [2.05, 4.69) is 15.8 Å². The Bertz CT molecular complexity index is 1160. The van der Waals surface area contributed by atoms with E-state index in [4.69, 9.17) is 10.3 Å². The van der Waals surface area contributed by atoms with Crippen LogP contribution in [-0.4, -0.2) is 11.2 Å². The number of nitrogens with one attached hydrogen (secondary N) is 2. The van der Waals surface area contributed by atoms with Gasteiger partial charge in [-0.3, -0.25) is 0 Å². The molecule has 6 heteroatoms. The van der Waals surface area contributed by atoms with Crippen LogP contribution in [0.3, 0.4) is 0 Å². The predicted octanol–water partition coefficient (Wildman–Crippen LogP) is 5.34. The molecule has 28 heavy (non-hydrogen) atoms. The quantitative estimate of drug-likeness (QED) is 0.453. The minimum absolute atomic E-state index is 0.292. The van der Waals surface area contributed by atoms with Crippen molar-refractivity contribution in [2.45, 2.75) is 13.8 Å². The Labute approximate surface area is 162 Å². The maximum atomic E-state index is 12.2. The van der Waals surface area contributed by atoms with Crippen LogP contribution < -0.4 is 16.4 Å². The van der Waals surface area contributed by atoms with Crippen LogP contribution in [0, 0.1) is 13.8 Å². The van der Waals surface area contributed by atoms with Gasteiger partial charge in [0.15, 0.2) is 11.4 Å². The molecule has 0 aliphatic carbocycles. The second-order valence-electron chi connectivity index (χ2n) is 6.73. The van der Waals surface area contributed by atoms with Crippen molar-refractivity contribution in [3.63, 3.8) is 0 Å². The minimum atomic E-state index is -0.292. The van der Waals surface area contributed by atoms with Crippen LogP contribution in [0.25, 0.3) is 22.1 Å². The highest BCUT2D eigenvalue weighted by Crippen LogP contribution is 2.34. The van der Waals surface area contributed by atoms with Crippen molar-refractivity contribution in [2.75, 3.05) is 16.4 Å². The van der Waals surface area contributed by atoms with E-state index >= 15 is 0 Å².